The van der Waals surface area contributed by atoms with Crippen molar-refractivity contribution in [2.24, 2.45) is 5.92 Å². The van der Waals surface area contributed by atoms with Crippen LogP contribution in [0.4, 0.5) is 0 Å². The van der Waals surface area contributed by atoms with Crippen LogP contribution in [0.3, 0.4) is 0 Å². The maximum absolute atomic E-state index is 4.44. The molecular formula is C11H20N2S2. The number of hydrogen-bond donors (Lipinski definition) is 1. The van der Waals surface area contributed by atoms with Crippen LogP contribution < -0.4 is 5.32 Å². The first-order chi connectivity index (χ1) is 7.13. The zero-order valence-electron chi connectivity index (χ0n) is 9.91. The fourth-order valence-electron chi connectivity index (χ4n) is 1.12. The maximum atomic E-state index is 4.44. The second-order valence-corrected chi connectivity index (χ2v) is 6.25. The fraction of sp³-hybridized carbons (Fsp3) is 0.727. The number of nitrogens with zero attached hydrogens (tertiary/aromatic N) is 1. The first-order valence-corrected chi connectivity index (χ1v) is 7.30. The molecule has 0 aliphatic rings. The molecule has 0 aliphatic carbocycles. The van der Waals surface area contributed by atoms with Gasteiger partial charge >= 0.3 is 0 Å². The minimum atomic E-state index is 0.423. The Bertz CT molecular complexity index is 284. The lowest BCUT2D eigenvalue weighted by atomic mass is 10.3. The van der Waals surface area contributed by atoms with Gasteiger partial charge in [0.2, 0.25) is 0 Å². The summed E-state index contributed by atoms with van der Waals surface area (Å²) in [5, 5.41) is 4.48. The zero-order valence-corrected chi connectivity index (χ0v) is 11.5. The van der Waals surface area contributed by atoms with Crippen molar-refractivity contribution in [3.05, 3.63) is 16.1 Å². The van der Waals surface area contributed by atoms with Crippen molar-refractivity contribution in [2.75, 3.05) is 12.8 Å². The van der Waals surface area contributed by atoms with E-state index in [4.69, 9.17) is 0 Å². The van der Waals surface area contributed by atoms with Crippen molar-refractivity contribution in [3.63, 3.8) is 0 Å². The Balaban J connectivity index is 2.39. The van der Waals surface area contributed by atoms with E-state index in [1.165, 1.54) is 15.6 Å². The summed E-state index contributed by atoms with van der Waals surface area (Å²) in [6, 6.07) is 0.423. The van der Waals surface area contributed by atoms with Crippen molar-refractivity contribution >= 4 is 23.1 Å². The Labute approximate surface area is 101 Å². The van der Waals surface area contributed by atoms with Crippen LogP contribution in [0, 0.1) is 5.92 Å². The van der Waals surface area contributed by atoms with Gasteiger partial charge in [0.15, 0.2) is 0 Å². The van der Waals surface area contributed by atoms with E-state index < -0.39 is 0 Å². The zero-order chi connectivity index (χ0) is 11.3. The lowest BCUT2D eigenvalue weighted by Gasteiger charge is -2.05. The molecule has 0 amide bonds. The van der Waals surface area contributed by atoms with Crippen LogP contribution in [0.2, 0.25) is 0 Å². The van der Waals surface area contributed by atoms with Crippen LogP contribution >= 0.6 is 23.1 Å². The molecule has 1 aromatic rings. The summed E-state index contributed by atoms with van der Waals surface area (Å²) >= 11 is 3.80. The van der Waals surface area contributed by atoms with E-state index in [1.54, 1.807) is 0 Å². The molecule has 0 spiro atoms. The predicted molar refractivity (Wildman–Crippen MR) is 70.6 cm³/mol. The second kappa shape index (κ2) is 6.51. The minimum absolute atomic E-state index is 0.423. The second-order valence-electron chi connectivity index (χ2n) is 4.08. The molecule has 0 saturated carbocycles. The quantitative estimate of drug-likeness (QED) is 0.831. The van der Waals surface area contributed by atoms with Crippen LogP contribution in [0.5, 0.6) is 0 Å². The summed E-state index contributed by atoms with van der Waals surface area (Å²) in [6.07, 6.45) is 2.00. The number of thioether (sulfide) groups is 1. The van der Waals surface area contributed by atoms with E-state index in [1.807, 2.05) is 36.3 Å². The van der Waals surface area contributed by atoms with Crippen molar-refractivity contribution < 1.29 is 0 Å². The SMILES string of the molecule is CNC(C)c1cnc(CSCC(C)C)s1. The summed E-state index contributed by atoms with van der Waals surface area (Å²) in [4.78, 5) is 5.77. The van der Waals surface area contributed by atoms with Crippen LogP contribution in [-0.2, 0) is 5.75 Å². The molecule has 0 fully saturated rings. The van der Waals surface area contributed by atoms with Gasteiger partial charge in [0.25, 0.3) is 0 Å². The van der Waals surface area contributed by atoms with Gasteiger partial charge in [0.05, 0.1) is 0 Å². The van der Waals surface area contributed by atoms with Gasteiger partial charge < -0.3 is 5.32 Å². The molecule has 1 unspecified atom stereocenters. The number of hydrogen-bond acceptors (Lipinski definition) is 4. The molecule has 86 valence electrons. The molecule has 0 saturated heterocycles. The van der Waals surface area contributed by atoms with E-state index >= 15 is 0 Å². The van der Waals surface area contributed by atoms with Gasteiger partial charge in [0, 0.05) is 22.9 Å². The highest BCUT2D eigenvalue weighted by Gasteiger charge is 2.07. The van der Waals surface area contributed by atoms with Crippen LogP contribution in [-0.4, -0.2) is 17.8 Å². The molecule has 15 heavy (non-hydrogen) atoms. The average molecular weight is 244 g/mol. The van der Waals surface area contributed by atoms with Crippen LogP contribution in [0.1, 0.15) is 36.7 Å². The number of rotatable bonds is 6. The third-order valence-electron chi connectivity index (χ3n) is 2.11. The van der Waals surface area contributed by atoms with Crippen LogP contribution in [0.25, 0.3) is 0 Å². The van der Waals surface area contributed by atoms with Crippen molar-refractivity contribution in [1.29, 1.82) is 0 Å². The highest BCUT2D eigenvalue weighted by molar-refractivity contribution is 7.98. The summed E-state index contributed by atoms with van der Waals surface area (Å²) in [5.74, 6) is 3.04. The minimum Gasteiger partial charge on any atom is -0.312 e. The first-order valence-electron chi connectivity index (χ1n) is 5.33. The monoisotopic (exact) mass is 244 g/mol. The lowest BCUT2D eigenvalue weighted by molar-refractivity contribution is 0.662. The van der Waals surface area contributed by atoms with E-state index in [9.17, 15) is 0 Å². The van der Waals surface area contributed by atoms with Crippen molar-refractivity contribution in [2.45, 2.75) is 32.6 Å². The topological polar surface area (TPSA) is 24.9 Å². The van der Waals surface area contributed by atoms with E-state index in [0.29, 0.717) is 6.04 Å². The Kier molecular flexibility index (Phi) is 5.64. The Morgan fingerprint density at radius 3 is 2.80 bits per heavy atom. The molecule has 1 heterocycles. The van der Waals surface area contributed by atoms with Crippen molar-refractivity contribution in [3.8, 4) is 0 Å². The van der Waals surface area contributed by atoms with Crippen molar-refractivity contribution in [1.82, 2.24) is 10.3 Å². The van der Waals surface area contributed by atoms with Gasteiger partial charge in [-0.2, -0.15) is 11.8 Å². The predicted octanol–water partition coefficient (Wildman–Crippen LogP) is 3.31. The van der Waals surface area contributed by atoms with Gasteiger partial charge in [-0.3, -0.25) is 0 Å². The summed E-state index contributed by atoms with van der Waals surface area (Å²) in [5.41, 5.74) is 0. The Morgan fingerprint density at radius 2 is 2.20 bits per heavy atom. The third kappa shape index (κ3) is 4.53. The highest BCUT2D eigenvalue weighted by Crippen LogP contribution is 2.24. The number of thiazole rings is 1. The van der Waals surface area contributed by atoms with E-state index in [2.05, 4.69) is 31.1 Å². The standard InChI is InChI=1S/C11H20N2S2/c1-8(2)6-14-7-11-13-5-10(15-11)9(3)12-4/h5,8-9,12H,6-7H2,1-4H3. The normalized spacial score (nSPS) is 13.4. The molecule has 2 nitrogen and oxygen atoms in total. The summed E-state index contributed by atoms with van der Waals surface area (Å²) < 4.78 is 0. The third-order valence-corrected chi connectivity index (χ3v) is 4.85. The molecule has 4 heteroatoms. The highest BCUT2D eigenvalue weighted by atomic mass is 32.2. The van der Waals surface area contributed by atoms with Gasteiger partial charge in [-0.15, -0.1) is 11.3 Å². The molecule has 1 rings (SSSR count). The average Bonchev–Trinajstić information content (AvgIpc) is 2.65. The molecule has 1 N–H and O–H groups in total. The smallest absolute Gasteiger partial charge is 0.103 e. The molecule has 1 aromatic heterocycles. The van der Waals surface area contributed by atoms with E-state index in [0.717, 1.165) is 11.7 Å². The van der Waals surface area contributed by atoms with Crippen LogP contribution in [0.15, 0.2) is 6.20 Å². The van der Waals surface area contributed by atoms with Gasteiger partial charge in [-0.1, -0.05) is 13.8 Å². The number of nitrogens with one attached hydrogen (secondary N) is 1. The van der Waals surface area contributed by atoms with Gasteiger partial charge in [0.1, 0.15) is 5.01 Å². The van der Waals surface area contributed by atoms with Gasteiger partial charge in [-0.25, -0.2) is 4.98 Å². The molecule has 0 aromatic carbocycles. The summed E-state index contributed by atoms with van der Waals surface area (Å²) in [7, 11) is 1.98. The molecule has 0 aliphatic heterocycles. The number of aromatic nitrogens is 1. The molecule has 0 bridgehead atoms. The maximum Gasteiger partial charge on any atom is 0.103 e. The van der Waals surface area contributed by atoms with Gasteiger partial charge in [-0.05, 0) is 25.6 Å². The lowest BCUT2D eigenvalue weighted by Crippen LogP contribution is -2.10. The fourth-order valence-corrected chi connectivity index (χ4v) is 3.22. The summed E-state index contributed by atoms with van der Waals surface area (Å²) in [6.45, 7) is 6.67. The molecule has 0 radical (unpaired) electrons. The molecular weight excluding hydrogens is 224 g/mol. The Morgan fingerprint density at radius 1 is 1.47 bits per heavy atom. The molecule has 1 atom stereocenters. The largest absolute Gasteiger partial charge is 0.312 e. The first kappa shape index (κ1) is 13.0. The van der Waals surface area contributed by atoms with E-state index in [-0.39, 0.29) is 0 Å². The Hall–Kier alpha value is -0.0600.